The largest absolute Gasteiger partial charge is 0.305 e. The summed E-state index contributed by atoms with van der Waals surface area (Å²) in [4.78, 5) is 23.8. The fourth-order valence-electron chi connectivity index (χ4n) is 14.4. The van der Waals surface area contributed by atoms with E-state index in [-0.39, 0.29) is 5.92 Å². The number of nitrogens with zero attached hydrogens (tertiary/aromatic N) is 8. The van der Waals surface area contributed by atoms with Crippen LogP contribution in [0.5, 0.6) is 0 Å². The highest BCUT2D eigenvalue weighted by Crippen LogP contribution is 2.52. The Hall–Kier alpha value is -10.7. The Kier molecular flexibility index (Phi) is 10.3. The molecule has 1 atom stereocenters. The third kappa shape index (κ3) is 6.82. The Morgan fingerprint density at radius 3 is 1.54 bits per heavy atom. The molecule has 0 radical (unpaired) electrons. The fraction of sp³-hybridized carbons (Fsp3) is 0.0789. The predicted octanol–water partition coefficient (Wildman–Crippen LogP) is 18.3. The molecule has 0 amide bonds. The fourth-order valence-corrected chi connectivity index (χ4v) is 14.4. The predicted molar refractivity (Wildman–Crippen MR) is 345 cm³/mol. The van der Waals surface area contributed by atoms with Gasteiger partial charge in [0.25, 0.3) is 0 Å². The number of aromatic nitrogens is 8. The van der Waals surface area contributed by atoms with Crippen molar-refractivity contribution >= 4 is 89.1 Å². The molecule has 18 rings (SSSR count). The molecule has 0 saturated heterocycles. The van der Waals surface area contributed by atoms with E-state index in [1.54, 1.807) is 0 Å². The second kappa shape index (κ2) is 18.4. The van der Waals surface area contributed by atoms with Gasteiger partial charge in [0, 0.05) is 60.6 Å². The molecule has 0 N–H and O–H groups in total. The van der Waals surface area contributed by atoms with Crippen LogP contribution in [0.4, 0.5) is 0 Å². The summed E-state index contributed by atoms with van der Waals surface area (Å²) in [5.74, 6) is 3.38. The van der Waals surface area contributed by atoms with Gasteiger partial charge in [0.1, 0.15) is 11.4 Å². The van der Waals surface area contributed by atoms with Gasteiger partial charge in [0.05, 0.1) is 44.5 Å². The average molecular weight is 1080 g/mol. The third-order valence-electron chi connectivity index (χ3n) is 18.1. The lowest BCUT2D eigenvalue weighted by molar-refractivity contribution is 0.823. The number of hydrogen-bond acceptors (Lipinski definition) is 4. The van der Waals surface area contributed by atoms with Gasteiger partial charge in [-0.3, -0.25) is 9.13 Å². The summed E-state index contributed by atoms with van der Waals surface area (Å²) in [6.07, 6.45) is 25.8. The van der Waals surface area contributed by atoms with Crippen molar-refractivity contribution < 1.29 is 0 Å². The van der Waals surface area contributed by atoms with Gasteiger partial charge in [-0.15, -0.1) is 0 Å². The van der Waals surface area contributed by atoms with Crippen LogP contribution in [0.15, 0.2) is 231 Å². The smallest absolute Gasteiger partial charge is 0.168 e. The van der Waals surface area contributed by atoms with Crippen molar-refractivity contribution in [3.8, 4) is 57.2 Å². The average Bonchev–Trinajstić information content (AvgIpc) is 2.95. The standard InChI is InChI=1S/C76H52N8/c1-3-25-49(26-4-1)72-77-73(50-27-5-2-6-28-50)79-74(78-72)67-70(81-61-37-17-11-31-53(61)54-32-12-18-38-62(54)81)76(84-66-42-22-16-36-58(66)60-46-44-48-24-8-10-30-52(48)69(60)84)80-75(82-63-39-19-13-33-55(63)56-34-14-20-40-64(56)82)71(67)83-65-41-21-15-35-57(65)59-45-43-47-23-7-9-29-51(47)68(59)83/h1-14,17-22,24-34,37-47H,15-16,23,35-36H2. The molecule has 84 heavy (non-hydrogen) atoms. The number of hydrogen-bond donors (Lipinski definition) is 0. The summed E-state index contributed by atoms with van der Waals surface area (Å²) in [5.41, 5.74) is 18.2. The quantitative estimate of drug-likeness (QED) is 0.159. The van der Waals surface area contributed by atoms with Crippen molar-refractivity contribution in [3.63, 3.8) is 0 Å². The molecule has 6 aromatic heterocycles. The number of pyridine rings is 1. The molecule has 14 aromatic rings. The molecule has 8 aromatic carbocycles. The van der Waals surface area contributed by atoms with Crippen molar-refractivity contribution in [3.05, 3.63) is 264 Å². The van der Waals surface area contributed by atoms with Crippen molar-refractivity contribution in [1.29, 1.82) is 0 Å². The Balaban J connectivity index is 1.17. The first kappa shape index (κ1) is 47.0. The van der Waals surface area contributed by atoms with E-state index < -0.39 is 0 Å². The molecule has 0 spiro atoms. The highest BCUT2D eigenvalue weighted by atomic mass is 15.2. The van der Waals surface area contributed by atoms with Crippen LogP contribution < -0.4 is 0 Å². The third-order valence-corrected chi connectivity index (χ3v) is 18.1. The zero-order valence-corrected chi connectivity index (χ0v) is 45.9. The topological polar surface area (TPSA) is 71.3 Å². The van der Waals surface area contributed by atoms with Crippen molar-refractivity contribution in [2.75, 3.05) is 0 Å². The van der Waals surface area contributed by atoms with Gasteiger partial charge >= 0.3 is 0 Å². The molecule has 8 heteroatoms. The zero-order chi connectivity index (χ0) is 55.0. The number of benzene rings is 8. The molecule has 1 unspecified atom stereocenters. The maximum absolute atomic E-state index is 6.60. The molecule has 396 valence electrons. The first-order valence-corrected chi connectivity index (χ1v) is 29.4. The van der Waals surface area contributed by atoms with Gasteiger partial charge in [-0.05, 0) is 90.6 Å². The van der Waals surface area contributed by atoms with Gasteiger partial charge in [0.15, 0.2) is 29.1 Å². The highest BCUT2D eigenvalue weighted by Gasteiger charge is 2.38. The van der Waals surface area contributed by atoms with E-state index in [2.05, 4.69) is 267 Å². The van der Waals surface area contributed by atoms with E-state index in [1.807, 2.05) is 0 Å². The lowest BCUT2D eigenvalue weighted by Gasteiger charge is -2.29. The van der Waals surface area contributed by atoms with Crippen LogP contribution in [0.2, 0.25) is 0 Å². The normalized spacial score (nSPS) is 15.1. The maximum atomic E-state index is 6.60. The Bertz CT molecular complexity index is 5120. The summed E-state index contributed by atoms with van der Waals surface area (Å²) in [7, 11) is 0. The molecule has 0 bridgehead atoms. The number of rotatable bonds is 7. The van der Waals surface area contributed by atoms with Crippen LogP contribution in [0.25, 0.3) is 146 Å². The number of aryl methyl sites for hydroxylation is 1. The molecular weight excluding hydrogens is 1020 g/mol. The van der Waals surface area contributed by atoms with Crippen LogP contribution in [0, 0.1) is 5.92 Å². The van der Waals surface area contributed by atoms with Crippen LogP contribution in [-0.4, -0.2) is 38.2 Å². The summed E-state index contributed by atoms with van der Waals surface area (Å²) in [5, 5.41) is 8.10. The van der Waals surface area contributed by atoms with E-state index in [0.717, 1.165) is 143 Å². The minimum absolute atomic E-state index is 0.176. The summed E-state index contributed by atoms with van der Waals surface area (Å²) >= 11 is 0. The van der Waals surface area contributed by atoms with Gasteiger partial charge in [-0.1, -0.05) is 212 Å². The lowest BCUT2D eigenvalue weighted by Crippen LogP contribution is -2.20. The minimum Gasteiger partial charge on any atom is -0.305 e. The molecule has 0 saturated carbocycles. The van der Waals surface area contributed by atoms with Crippen LogP contribution in [-0.2, 0) is 12.8 Å². The number of para-hydroxylation sites is 4. The first-order chi connectivity index (χ1) is 41.7. The van der Waals surface area contributed by atoms with E-state index in [0.29, 0.717) is 17.5 Å². The van der Waals surface area contributed by atoms with Crippen LogP contribution in [0.1, 0.15) is 53.0 Å². The molecule has 4 aliphatic carbocycles. The van der Waals surface area contributed by atoms with Crippen molar-refractivity contribution in [2.45, 2.75) is 32.1 Å². The molecule has 0 aliphatic heterocycles. The van der Waals surface area contributed by atoms with Gasteiger partial charge < -0.3 is 9.13 Å². The second-order valence-electron chi connectivity index (χ2n) is 22.6. The van der Waals surface area contributed by atoms with E-state index in [1.165, 1.54) is 33.3 Å². The first-order valence-electron chi connectivity index (χ1n) is 29.4. The highest BCUT2D eigenvalue weighted by molar-refractivity contribution is 6.14. The van der Waals surface area contributed by atoms with Gasteiger partial charge in [-0.25, -0.2) is 19.9 Å². The second-order valence-corrected chi connectivity index (χ2v) is 22.6. The lowest BCUT2D eigenvalue weighted by atomic mass is 9.82. The van der Waals surface area contributed by atoms with Gasteiger partial charge in [0.2, 0.25) is 0 Å². The SMILES string of the molecule is C1=CCC2C=Cc3c4c(n(-c5c(-n6c7ccccc7c7ccccc76)nc(-n6c7c(c8ccc9ccccc9c86)CCC=C7)c(-n6c7ccccc7c7ccccc76)c5-c5nc(-c6ccccc6)nc(-c6ccccc6)n5)c3C2=C1)C=CCC4. The summed E-state index contributed by atoms with van der Waals surface area (Å²) < 4.78 is 10.0. The monoisotopic (exact) mass is 1080 g/mol. The Morgan fingerprint density at radius 1 is 0.393 bits per heavy atom. The molecule has 6 heterocycles. The molecule has 0 fully saturated rings. The van der Waals surface area contributed by atoms with E-state index in [4.69, 9.17) is 19.9 Å². The van der Waals surface area contributed by atoms with Crippen LogP contribution >= 0.6 is 0 Å². The zero-order valence-electron chi connectivity index (χ0n) is 45.9. The van der Waals surface area contributed by atoms with E-state index in [9.17, 15) is 0 Å². The minimum atomic E-state index is 0.176. The Labute approximate surface area is 484 Å². The molecule has 4 aliphatic rings. The van der Waals surface area contributed by atoms with Crippen molar-refractivity contribution in [1.82, 2.24) is 38.2 Å². The van der Waals surface area contributed by atoms with Crippen molar-refractivity contribution in [2.24, 2.45) is 5.92 Å². The number of fused-ring (bicyclic) bond motifs is 16. The molecule has 8 nitrogen and oxygen atoms in total. The summed E-state index contributed by atoms with van der Waals surface area (Å²) in [6.45, 7) is 0. The van der Waals surface area contributed by atoms with Crippen LogP contribution in [0.3, 0.4) is 0 Å². The maximum Gasteiger partial charge on any atom is 0.168 e. The molecular formula is C76H52N8. The van der Waals surface area contributed by atoms with E-state index >= 15 is 0 Å². The Morgan fingerprint density at radius 2 is 0.905 bits per heavy atom. The number of allylic oxidation sites excluding steroid dienone is 7. The van der Waals surface area contributed by atoms with Gasteiger partial charge in [-0.2, -0.15) is 0 Å². The summed E-state index contributed by atoms with van der Waals surface area (Å²) in [6, 6.07) is 69.8.